The highest BCUT2D eigenvalue weighted by Gasteiger charge is 2.41. The van der Waals surface area contributed by atoms with Crippen molar-refractivity contribution >= 4 is 18.6 Å². The number of alkyl halides is 3. The van der Waals surface area contributed by atoms with Crippen molar-refractivity contribution in [3.63, 3.8) is 0 Å². The molecule has 0 aliphatic carbocycles. The van der Waals surface area contributed by atoms with Gasteiger partial charge in [-0.05, 0) is 0 Å². The summed E-state index contributed by atoms with van der Waals surface area (Å²) in [5, 5.41) is 0. The Morgan fingerprint density at radius 3 is 2.36 bits per heavy atom. The van der Waals surface area contributed by atoms with Crippen LogP contribution in [0.4, 0.5) is 13.2 Å². The summed E-state index contributed by atoms with van der Waals surface area (Å²) in [4.78, 5) is 9.98. The van der Waals surface area contributed by atoms with Gasteiger partial charge in [0, 0.05) is 6.54 Å². The molecule has 0 aromatic rings. The van der Waals surface area contributed by atoms with Gasteiger partial charge in [0.15, 0.2) is 5.44 Å². The molecule has 0 saturated heterocycles. The average molecular weight is 189 g/mol. The highest BCUT2D eigenvalue weighted by atomic mass is 32.1. The number of esters is 1. The number of ether oxygens (including phenoxy) is 1. The van der Waals surface area contributed by atoms with Crippen molar-refractivity contribution < 1.29 is 22.7 Å². The van der Waals surface area contributed by atoms with Gasteiger partial charge < -0.3 is 10.5 Å². The largest absolute Gasteiger partial charge is 0.490 e. The van der Waals surface area contributed by atoms with Crippen LogP contribution in [0.2, 0.25) is 0 Å². The topological polar surface area (TPSA) is 52.3 Å². The minimum Gasteiger partial charge on any atom is -0.444 e. The predicted octanol–water partition coefficient (Wildman–Crippen LogP) is 0.306. The van der Waals surface area contributed by atoms with Gasteiger partial charge >= 0.3 is 12.1 Å². The van der Waals surface area contributed by atoms with E-state index in [1.54, 1.807) is 0 Å². The van der Waals surface area contributed by atoms with E-state index in [1.807, 2.05) is 0 Å². The molecule has 2 N–H and O–H groups in total. The molecule has 0 fully saturated rings. The molecule has 0 saturated carbocycles. The van der Waals surface area contributed by atoms with Crippen LogP contribution in [0.3, 0.4) is 0 Å². The van der Waals surface area contributed by atoms with Crippen molar-refractivity contribution in [2.24, 2.45) is 5.73 Å². The molecular weight excluding hydrogens is 183 g/mol. The molecule has 0 spiro atoms. The Balaban J connectivity index is 3.88. The van der Waals surface area contributed by atoms with Gasteiger partial charge in [-0.15, -0.1) is 12.6 Å². The molecule has 0 amide bonds. The molecule has 0 aliphatic heterocycles. The molecule has 0 bridgehead atoms. The Bertz CT molecular complexity index is 149. The van der Waals surface area contributed by atoms with E-state index in [9.17, 15) is 18.0 Å². The van der Waals surface area contributed by atoms with Crippen LogP contribution in [0.15, 0.2) is 0 Å². The molecule has 0 aromatic heterocycles. The molecule has 1 atom stereocenters. The van der Waals surface area contributed by atoms with E-state index in [2.05, 4.69) is 17.4 Å². The van der Waals surface area contributed by atoms with Crippen LogP contribution < -0.4 is 5.73 Å². The minimum atomic E-state index is -4.98. The van der Waals surface area contributed by atoms with Crippen molar-refractivity contribution in [1.29, 1.82) is 0 Å². The molecule has 11 heavy (non-hydrogen) atoms. The first-order valence-corrected chi connectivity index (χ1v) is 3.05. The third-order valence-electron chi connectivity index (χ3n) is 0.676. The third kappa shape index (κ3) is 4.10. The molecule has 0 aliphatic rings. The smallest absolute Gasteiger partial charge is 0.444 e. The van der Waals surface area contributed by atoms with Crippen LogP contribution in [-0.4, -0.2) is 24.1 Å². The monoisotopic (exact) mass is 189 g/mol. The maximum Gasteiger partial charge on any atom is 0.490 e. The fourth-order valence-electron chi connectivity index (χ4n) is 0.238. The van der Waals surface area contributed by atoms with E-state index in [-0.39, 0.29) is 6.54 Å². The number of hydrogen-bond donors (Lipinski definition) is 2. The maximum atomic E-state index is 11.4. The normalized spacial score (nSPS) is 14.3. The first-order valence-electron chi connectivity index (χ1n) is 2.54. The summed E-state index contributed by atoms with van der Waals surface area (Å²) < 4.78 is 37.9. The lowest BCUT2D eigenvalue weighted by Gasteiger charge is -2.10. The summed E-state index contributed by atoms with van der Waals surface area (Å²) in [6.07, 6.45) is -4.98. The van der Waals surface area contributed by atoms with Gasteiger partial charge in [-0.2, -0.15) is 13.2 Å². The lowest BCUT2D eigenvalue weighted by Crippen LogP contribution is -2.31. The van der Waals surface area contributed by atoms with Crippen molar-refractivity contribution in [1.82, 2.24) is 0 Å². The zero-order valence-electron chi connectivity index (χ0n) is 5.26. The molecule has 0 aromatic carbocycles. The Morgan fingerprint density at radius 2 is 2.09 bits per heavy atom. The number of thiol groups is 1. The van der Waals surface area contributed by atoms with Crippen molar-refractivity contribution in [3.05, 3.63) is 0 Å². The molecule has 0 rings (SSSR count). The molecule has 1 unspecified atom stereocenters. The number of nitrogens with two attached hydrogens (primary N) is 1. The van der Waals surface area contributed by atoms with Crippen LogP contribution in [0.1, 0.15) is 0 Å². The Labute approximate surface area is 66.1 Å². The van der Waals surface area contributed by atoms with Gasteiger partial charge in [-0.1, -0.05) is 0 Å². The predicted molar refractivity (Wildman–Crippen MR) is 34.0 cm³/mol. The number of carbonyl (C=O) groups excluding carboxylic acids is 1. The van der Waals surface area contributed by atoms with Gasteiger partial charge in [-0.3, -0.25) is 0 Å². The van der Waals surface area contributed by atoms with Crippen LogP contribution in [0, 0.1) is 0 Å². The minimum absolute atomic E-state index is 0.259. The van der Waals surface area contributed by atoms with Gasteiger partial charge in [0.1, 0.15) is 0 Å². The van der Waals surface area contributed by atoms with Gasteiger partial charge in [0.2, 0.25) is 0 Å². The molecule has 0 heterocycles. The second-order valence-corrected chi connectivity index (χ2v) is 2.17. The van der Waals surface area contributed by atoms with Gasteiger partial charge in [0.05, 0.1) is 0 Å². The maximum absolute atomic E-state index is 11.4. The number of rotatable bonds is 2. The van der Waals surface area contributed by atoms with Gasteiger partial charge in [0.25, 0.3) is 0 Å². The average Bonchev–Trinajstić information content (AvgIpc) is 1.85. The van der Waals surface area contributed by atoms with E-state index < -0.39 is 17.6 Å². The highest BCUT2D eigenvalue weighted by Crippen LogP contribution is 2.17. The summed E-state index contributed by atoms with van der Waals surface area (Å²) in [6, 6.07) is 0. The molecule has 3 nitrogen and oxygen atoms in total. The SMILES string of the molecule is NCC(S)OC(=O)C(F)(F)F. The van der Waals surface area contributed by atoms with E-state index >= 15 is 0 Å². The van der Waals surface area contributed by atoms with Crippen molar-refractivity contribution in [2.45, 2.75) is 11.6 Å². The van der Waals surface area contributed by atoms with Crippen LogP contribution in [0.25, 0.3) is 0 Å². The van der Waals surface area contributed by atoms with Crippen LogP contribution >= 0.6 is 12.6 Å². The van der Waals surface area contributed by atoms with Crippen LogP contribution in [0.5, 0.6) is 0 Å². The molecular formula is C4H6F3NO2S. The summed E-state index contributed by atoms with van der Waals surface area (Å²) in [5.74, 6) is -2.28. The molecule has 0 radical (unpaired) electrons. The Kier molecular flexibility index (Phi) is 3.67. The lowest BCUT2D eigenvalue weighted by atomic mass is 10.6. The standard InChI is InChI=1S/C4H6F3NO2S/c5-4(6,7)3(9)10-2(11)1-8/h2,11H,1,8H2. The number of hydrogen-bond acceptors (Lipinski definition) is 4. The Hall–Kier alpha value is -0.430. The molecule has 7 heteroatoms. The molecule has 66 valence electrons. The van der Waals surface area contributed by atoms with E-state index in [4.69, 9.17) is 5.73 Å². The second-order valence-electron chi connectivity index (χ2n) is 1.59. The van der Waals surface area contributed by atoms with E-state index in [0.29, 0.717) is 0 Å². The number of carbonyl (C=O) groups is 1. The first kappa shape index (κ1) is 10.6. The van der Waals surface area contributed by atoms with Gasteiger partial charge in [-0.25, -0.2) is 4.79 Å². The Morgan fingerprint density at radius 1 is 1.64 bits per heavy atom. The number of halogens is 3. The summed E-state index contributed by atoms with van der Waals surface area (Å²) in [7, 11) is 0. The van der Waals surface area contributed by atoms with E-state index in [1.165, 1.54) is 0 Å². The second kappa shape index (κ2) is 3.82. The van der Waals surface area contributed by atoms with Crippen molar-refractivity contribution in [3.8, 4) is 0 Å². The lowest BCUT2D eigenvalue weighted by molar-refractivity contribution is -0.200. The first-order chi connectivity index (χ1) is 4.88. The third-order valence-corrected chi connectivity index (χ3v) is 0.992. The highest BCUT2D eigenvalue weighted by molar-refractivity contribution is 7.80. The summed E-state index contributed by atoms with van der Waals surface area (Å²) in [5.41, 5.74) is 3.64. The fraction of sp³-hybridized carbons (Fsp3) is 0.750. The fourth-order valence-corrected chi connectivity index (χ4v) is 0.334. The van der Waals surface area contributed by atoms with Crippen molar-refractivity contribution in [2.75, 3.05) is 6.54 Å². The summed E-state index contributed by atoms with van der Waals surface area (Å²) >= 11 is 3.43. The zero-order chi connectivity index (χ0) is 9.07. The van der Waals surface area contributed by atoms with E-state index in [0.717, 1.165) is 0 Å². The quantitative estimate of drug-likeness (QED) is 0.373. The summed E-state index contributed by atoms with van der Waals surface area (Å²) in [6.45, 7) is -0.259. The van der Waals surface area contributed by atoms with Crippen LogP contribution in [-0.2, 0) is 9.53 Å². The zero-order valence-corrected chi connectivity index (χ0v) is 6.15.